The molecule has 63 heavy (non-hydrogen) atoms. The molecule has 0 saturated carbocycles. The topological polar surface area (TPSA) is 82.0 Å². The van der Waals surface area contributed by atoms with Crippen LogP contribution in [0.25, 0.3) is 88.7 Å². The molecule has 12 rings (SSSR count). The van der Waals surface area contributed by atoms with E-state index in [-0.39, 0.29) is 0 Å². The SMILES string of the molecule is O=S(=O)(Oc1ccc2c(c1)c1ccccc1c1cc3c(cc21)C1(c2ccccc2-c2ccccc21)c1cc(-c2nc(-c4ccccc4)nc(-c4ccccc4)n2)ccc1-3)C(F)(F)F. The molecule has 0 atom stereocenters. The minimum atomic E-state index is -5.90. The van der Waals surface area contributed by atoms with Gasteiger partial charge < -0.3 is 4.18 Å². The fourth-order valence-electron chi connectivity index (χ4n) is 9.86. The summed E-state index contributed by atoms with van der Waals surface area (Å²) in [5.41, 5.74) is 4.85. The molecule has 0 bridgehead atoms. The first-order valence-electron chi connectivity index (χ1n) is 20.3. The second-order valence-electron chi connectivity index (χ2n) is 15.8. The van der Waals surface area contributed by atoms with E-state index in [0.717, 1.165) is 88.1 Å². The van der Waals surface area contributed by atoms with Crippen LogP contribution in [0.5, 0.6) is 5.75 Å². The predicted octanol–water partition coefficient (Wildman–Crippen LogP) is 12.9. The molecule has 10 aromatic rings. The van der Waals surface area contributed by atoms with E-state index in [9.17, 15) is 21.6 Å². The van der Waals surface area contributed by atoms with Gasteiger partial charge in [0.2, 0.25) is 0 Å². The fraction of sp³-hybridized carbons (Fsp3) is 0.0377. The van der Waals surface area contributed by atoms with E-state index in [0.29, 0.717) is 22.9 Å². The third kappa shape index (κ3) is 5.44. The molecule has 6 nitrogen and oxygen atoms in total. The summed E-state index contributed by atoms with van der Waals surface area (Å²) in [5.74, 6) is 1.22. The van der Waals surface area contributed by atoms with E-state index in [1.54, 1.807) is 6.07 Å². The number of nitrogens with zero attached hydrogens (tertiary/aromatic N) is 3. The van der Waals surface area contributed by atoms with Gasteiger partial charge in [-0.1, -0.05) is 146 Å². The summed E-state index contributed by atoms with van der Waals surface area (Å²) in [6.45, 7) is 0. The molecule has 9 aromatic carbocycles. The molecular formula is C53H30F3N3O3S. The zero-order chi connectivity index (χ0) is 42.7. The number of hydrogen-bond acceptors (Lipinski definition) is 6. The maximum absolute atomic E-state index is 13.5. The minimum absolute atomic E-state index is 0.426. The average Bonchev–Trinajstić information content (AvgIpc) is 3.77. The molecule has 0 amide bonds. The zero-order valence-corrected chi connectivity index (χ0v) is 33.7. The van der Waals surface area contributed by atoms with Gasteiger partial charge in [0.1, 0.15) is 5.75 Å². The van der Waals surface area contributed by atoms with Crippen LogP contribution >= 0.6 is 0 Å². The van der Waals surface area contributed by atoms with Crippen LogP contribution in [0.4, 0.5) is 13.2 Å². The highest BCUT2D eigenvalue weighted by molar-refractivity contribution is 7.88. The third-order valence-corrected chi connectivity index (χ3v) is 13.4. The first-order chi connectivity index (χ1) is 30.6. The molecule has 0 unspecified atom stereocenters. The van der Waals surface area contributed by atoms with Crippen molar-refractivity contribution in [2.45, 2.75) is 10.9 Å². The number of rotatable bonds is 5. The molecule has 0 radical (unpaired) electrons. The molecule has 2 aliphatic rings. The Labute approximate surface area is 359 Å². The maximum Gasteiger partial charge on any atom is 0.534 e. The number of benzene rings is 9. The van der Waals surface area contributed by atoms with Crippen molar-refractivity contribution in [2.75, 3.05) is 0 Å². The van der Waals surface area contributed by atoms with Gasteiger partial charge in [0, 0.05) is 16.7 Å². The van der Waals surface area contributed by atoms with E-state index >= 15 is 0 Å². The van der Waals surface area contributed by atoms with Gasteiger partial charge in [0.25, 0.3) is 0 Å². The standard InChI is InChI=1S/C53H30F3N3O3S/c54-53(55,56)63(60,61)62-34-24-26-37-41(28-34)35-17-7-8-18-36(35)42-29-44-40-25-23-33(51-58-49(31-13-3-1-4-14-31)57-50(59-51)32-15-5-2-6-16-32)27-47(40)52(48(44)30-43(37)42)45-21-11-9-19-38(45)39-20-10-12-22-46(39)52/h1-30H. The normalized spacial score (nSPS) is 13.6. The van der Waals surface area contributed by atoms with Crippen LogP contribution in [0.2, 0.25) is 0 Å². The van der Waals surface area contributed by atoms with Gasteiger partial charge >= 0.3 is 15.6 Å². The van der Waals surface area contributed by atoms with Crippen molar-refractivity contribution >= 4 is 42.4 Å². The molecule has 0 saturated heterocycles. The van der Waals surface area contributed by atoms with E-state index < -0.39 is 26.8 Å². The molecule has 1 aromatic heterocycles. The molecular weight excluding hydrogens is 816 g/mol. The molecule has 1 spiro atoms. The Hall–Kier alpha value is -7.69. The van der Waals surface area contributed by atoms with Gasteiger partial charge in [-0.15, -0.1) is 0 Å². The van der Waals surface area contributed by atoms with Crippen molar-refractivity contribution in [3.05, 3.63) is 204 Å². The summed E-state index contributed by atoms with van der Waals surface area (Å²) < 4.78 is 69.3. The second-order valence-corrected chi connectivity index (χ2v) is 17.4. The Morgan fingerprint density at radius 1 is 0.397 bits per heavy atom. The minimum Gasteiger partial charge on any atom is -0.376 e. The van der Waals surface area contributed by atoms with Gasteiger partial charge in [-0.25, -0.2) is 15.0 Å². The van der Waals surface area contributed by atoms with Gasteiger partial charge in [-0.2, -0.15) is 21.6 Å². The fourth-order valence-corrected chi connectivity index (χ4v) is 10.3. The monoisotopic (exact) mass is 845 g/mol. The lowest BCUT2D eigenvalue weighted by molar-refractivity contribution is -0.0500. The zero-order valence-electron chi connectivity index (χ0n) is 32.9. The van der Waals surface area contributed by atoms with E-state index in [1.807, 2.05) is 84.9 Å². The summed E-state index contributed by atoms with van der Waals surface area (Å²) in [4.78, 5) is 15.1. The summed E-state index contributed by atoms with van der Waals surface area (Å²) in [7, 11) is -5.90. The smallest absolute Gasteiger partial charge is 0.376 e. The lowest BCUT2D eigenvalue weighted by atomic mass is 9.70. The van der Waals surface area contributed by atoms with Crippen LogP contribution in [-0.2, 0) is 15.5 Å². The van der Waals surface area contributed by atoms with Crippen LogP contribution in [0.3, 0.4) is 0 Å². The molecule has 302 valence electrons. The largest absolute Gasteiger partial charge is 0.534 e. The highest BCUT2D eigenvalue weighted by Crippen LogP contribution is 2.64. The number of halogens is 3. The summed E-state index contributed by atoms with van der Waals surface area (Å²) in [5, 5.41) is 4.70. The maximum atomic E-state index is 13.5. The number of fused-ring (bicyclic) bond motifs is 16. The number of alkyl halides is 3. The van der Waals surface area contributed by atoms with Gasteiger partial charge in [-0.3, -0.25) is 0 Å². The van der Waals surface area contributed by atoms with E-state index in [2.05, 4.69) is 83.0 Å². The lowest BCUT2D eigenvalue weighted by Gasteiger charge is -2.31. The van der Waals surface area contributed by atoms with Crippen molar-refractivity contribution < 1.29 is 25.8 Å². The van der Waals surface area contributed by atoms with Crippen LogP contribution in [0, 0.1) is 0 Å². The first kappa shape index (κ1) is 37.1. The molecule has 10 heteroatoms. The van der Waals surface area contributed by atoms with Gasteiger partial charge in [-0.05, 0) is 113 Å². The van der Waals surface area contributed by atoms with Crippen molar-refractivity contribution in [2.24, 2.45) is 0 Å². The second kappa shape index (κ2) is 13.4. The molecule has 0 N–H and O–H groups in total. The number of aromatic nitrogens is 3. The Kier molecular flexibility index (Phi) is 7.89. The Bertz CT molecular complexity index is 3570. The van der Waals surface area contributed by atoms with Crippen molar-refractivity contribution in [3.8, 4) is 62.2 Å². The number of hydrogen-bond donors (Lipinski definition) is 0. The van der Waals surface area contributed by atoms with Crippen LogP contribution in [0.15, 0.2) is 182 Å². The van der Waals surface area contributed by atoms with Gasteiger partial charge in [0.05, 0.1) is 5.41 Å². The van der Waals surface area contributed by atoms with Crippen molar-refractivity contribution in [1.82, 2.24) is 15.0 Å². The Balaban J connectivity index is 1.15. The molecule has 0 fully saturated rings. The average molecular weight is 846 g/mol. The van der Waals surface area contributed by atoms with E-state index in [1.165, 1.54) is 12.1 Å². The predicted molar refractivity (Wildman–Crippen MR) is 241 cm³/mol. The summed E-state index contributed by atoms with van der Waals surface area (Å²) >= 11 is 0. The molecule has 1 heterocycles. The van der Waals surface area contributed by atoms with Crippen LogP contribution in [0.1, 0.15) is 22.3 Å². The molecule has 0 aliphatic heterocycles. The summed E-state index contributed by atoms with van der Waals surface area (Å²) in [6, 6.07) is 59.6. The highest BCUT2D eigenvalue weighted by atomic mass is 32.2. The summed E-state index contributed by atoms with van der Waals surface area (Å²) in [6.07, 6.45) is 0. The van der Waals surface area contributed by atoms with E-state index in [4.69, 9.17) is 15.0 Å². The Morgan fingerprint density at radius 3 is 1.44 bits per heavy atom. The molecule has 2 aliphatic carbocycles. The lowest BCUT2D eigenvalue weighted by Crippen LogP contribution is -2.28. The van der Waals surface area contributed by atoms with Crippen molar-refractivity contribution in [3.63, 3.8) is 0 Å². The van der Waals surface area contributed by atoms with Gasteiger partial charge in [0.15, 0.2) is 17.5 Å². The van der Waals surface area contributed by atoms with Crippen molar-refractivity contribution in [1.29, 1.82) is 0 Å². The van der Waals surface area contributed by atoms with Crippen LogP contribution in [-0.4, -0.2) is 28.9 Å². The third-order valence-electron chi connectivity index (χ3n) is 12.5. The quantitative estimate of drug-likeness (QED) is 0.0975. The highest BCUT2D eigenvalue weighted by Gasteiger charge is 2.52. The van der Waals surface area contributed by atoms with Crippen LogP contribution < -0.4 is 4.18 Å². The Morgan fingerprint density at radius 2 is 0.857 bits per heavy atom. The first-order valence-corrected chi connectivity index (χ1v) is 21.7.